The quantitative estimate of drug-likeness (QED) is 0.608. The molecule has 1 aromatic heterocycles. The molecule has 2 rings (SSSR count). The molecule has 0 bridgehead atoms. The van der Waals surface area contributed by atoms with Gasteiger partial charge in [-0.2, -0.15) is 41.3 Å². The second-order valence-electron chi connectivity index (χ2n) is 6.17. The van der Waals surface area contributed by atoms with Gasteiger partial charge in [-0.1, -0.05) is 0 Å². The van der Waals surface area contributed by atoms with Crippen LogP contribution in [0.2, 0.25) is 0 Å². The van der Waals surface area contributed by atoms with Crippen LogP contribution in [0, 0.1) is 0 Å². The van der Waals surface area contributed by atoms with Crippen molar-refractivity contribution in [3.8, 4) is 0 Å². The highest BCUT2D eigenvalue weighted by Gasteiger charge is 2.46. The molecule has 0 spiro atoms. The Morgan fingerprint density at radius 1 is 1.10 bits per heavy atom. The van der Waals surface area contributed by atoms with Crippen LogP contribution in [0.15, 0.2) is 5.83 Å². The number of nitrogens with one attached hydrogen (secondary N) is 2. The lowest BCUT2D eigenvalue weighted by Crippen LogP contribution is -2.37. The molecular weight excluding hydrogens is 425 g/mol. The maximum atomic E-state index is 14.2. The summed E-state index contributed by atoms with van der Waals surface area (Å²) in [5, 5.41) is 12.8. The van der Waals surface area contributed by atoms with E-state index in [1.807, 2.05) is 0 Å². The smallest absolute Gasteiger partial charge is 0.380 e. The van der Waals surface area contributed by atoms with Gasteiger partial charge in [0.1, 0.15) is 18.4 Å². The number of halogens is 9. The Morgan fingerprint density at radius 3 is 2.24 bits per heavy atom. The van der Waals surface area contributed by atoms with E-state index in [0.717, 1.165) is 0 Å². The van der Waals surface area contributed by atoms with E-state index in [9.17, 15) is 44.6 Å². The van der Waals surface area contributed by atoms with Gasteiger partial charge in [0, 0.05) is 12.0 Å². The first-order valence-corrected chi connectivity index (χ1v) is 7.95. The molecule has 3 N–H and O–H groups in total. The van der Waals surface area contributed by atoms with Crippen LogP contribution < -0.4 is 10.6 Å². The largest absolute Gasteiger partial charge is 0.408 e. The molecule has 0 saturated carbocycles. The second-order valence-corrected chi connectivity index (χ2v) is 6.17. The Kier molecular flexibility index (Phi) is 6.20. The van der Waals surface area contributed by atoms with E-state index in [2.05, 4.69) is 15.0 Å². The third kappa shape index (κ3) is 5.83. The second kappa shape index (κ2) is 7.84. The molecule has 0 saturated heterocycles. The molecular formula is C14H14F9N5O. The minimum Gasteiger partial charge on any atom is -0.380 e. The van der Waals surface area contributed by atoms with E-state index in [1.54, 1.807) is 10.6 Å². The number of alkyl halides is 8. The lowest BCUT2D eigenvalue weighted by Gasteiger charge is -2.27. The highest BCUT2D eigenvalue weighted by Crippen LogP contribution is 2.41. The Bertz CT molecular complexity index is 778. The summed E-state index contributed by atoms with van der Waals surface area (Å²) >= 11 is 0. The Balaban J connectivity index is 2.45. The summed E-state index contributed by atoms with van der Waals surface area (Å²) in [6.45, 7) is -1.01. The molecule has 15 heteroatoms. The van der Waals surface area contributed by atoms with E-state index >= 15 is 0 Å². The van der Waals surface area contributed by atoms with Crippen molar-refractivity contribution >= 4 is 17.5 Å². The molecule has 1 aliphatic carbocycles. The van der Waals surface area contributed by atoms with Crippen molar-refractivity contribution in [2.45, 2.75) is 50.2 Å². The number of hydrogen-bond donors (Lipinski definition) is 3. The lowest BCUT2D eigenvalue weighted by atomic mass is 9.92. The molecule has 1 heterocycles. The number of aliphatic hydroxyl groups excluding tert-OH is 1. The Labute approximate surface area is 157 Å². The first kappa shape index (κ1) is 23.0. The van der Waals surface area contributed by atoms with Gasteiger partial charge in [0.2, 0.25) is 11.9 Å². The molecule has 1 unspecified atom stereocenters. The summed E-state index contributed by atoms with van der Waals surface area (Å²) in [4.78, 5) is 10.3. The molecule has 0 amide bonds. The SMILES string of the molecule is C[C@@H](Nc1nc(NCC(F)(F)F)nc(C2=C(F)C(O)C(F)(F)CC2)n1)C(F)(F)F. The Morgan fingerprint density at radius 2 is 1.69 bits per heavy atom. The molecule has 29 heavy (non-hydrogen) atoms. The number of anilines is 2. The normalized spacial score (nSPS) is 21.1. The van der Waals surface area contributed by atoms with Gasteiger partial charge in [-0.15, -0.1) is 0 Å². The number of hydrogen-bond acceptors (Lipinski definition) is 6. The van der Waals surface area contributed by atoms with Gasteiger partial charge in [0.15, 0.2) is 11.9 Å². The monoisotopic (exact) mass is 439 g/mol. The average Bonchev–Trinajstić information content (AvgIpc) is 2.56. The van der Waals surface area contributed by atoms with Crippen molar-refractivity contribution in [3.05, 3.63) is 11.7 Å². The number of aromatic nitrogens is 3. The van der Waals surface area contributed by atoms with Gasteiger partial charge in [-0.05, 0) is 13.3 Å². The van der Waals surface area contributed by atoms with E-state index in [0.29, 0.717) is 6.92 Å². The highest BCUT2D eigenvalue weighted by atomic mass is 19.4. The molecule has 0 fully saturated rings. The summed E-state index contributed by atoms with van der Waals surface area (Å²) < 4.78 is 116. The van der Waals surface area contributed by atoms with E-state index < -0.39 is 78.9 Å². The molecule has 164 valence electrons. The van der Waals surface area contributed by atoms with Gasteiger partial charge < -0.3 is 15.7 Å². The van der Waals surface area contributed by atoms with Gasteiger partial charge in [-0.3, -0.25) is 0 Å². The minimum atomic E-state index is -4.78. The van der Waals surface area contributed by atoms with Crippen LogP contribution in [-0.4, -0.2) is 57.0 Å². The first-order chi connectivity index (χ1) is 13.1. The topological polar surface area (TPSA) is 83.0 Å². The van der Waals surface area contributed by atoms with Crippen molar-refractivity contribution in [1.29, 1.82) is 0 Å². The van der Waals surface area contributed by atoms with Crippen LogP contribution in [0.5, 0.6) is 0 Å². The predicted molar refractivity (Wildman–Crippen MR) is 81.7 cm³/mol. The highest BCUT2D eigenvalue weighted by molar-refractivity contribution is 5.66. The van der Waals surface area contributed by atoms with E-state index in [4.69, 9.17) is 0 Å². The van der Waals surface area contributed by atoms with Crippen LogP contribution in [0.3, 0.4) is 0 Å². The van der Waals surface area contributed by atoms with Crippen molar-refractivity contribution in [2.75, 3.05) is 17.2 Å². The van der Waals surface area contributed by atoms with E-state index in [-0.39, 0.29) is 0 Å². The molecule has 0 aliphatic heterocycles. The zero-order valence-corrected chi connectivity index (χ0v) is 14.5. The third-order valence-corrected chi connectivity index (χ3v) is 3.83. The van der Waals surface area contributed by atoms with Crippen molar-refractivity contribution in [2.24, 2.45) is 0 Å². The fourth-order valence-electron chi connectivity index (χ4n) is 2.23. The van der Waals surface area contributed by atoms with Crippen LogP contribution in [0.1, 0.15) is 25.6 Å². The number of rotatable bonds is 5. The maximum Gasteiger partial charge on any atom is 0.408 e. The summed E-state index contributed by atoms with van der Waals surface area (Å²) in [5.74, 6) is -8.05. The van der Waals surface area contributed by atoms with Crippen LogP contribution >= 0.6 is 0 Å². The van der Waals surface area contributed by atoms with Gasteiger partial charge in [0.25, 0.3) is 5.92 Å². The number of allylic oxidation sites excluding steroid dienone is 1. The summed E-state index contributed by atoms with van der Waals surface area (Å²) in [6, 6.07) is -2.24. The minimum absolute atomic E-state index is 0.664. The van der Waals surface area contributed by atoms with Gasteiger partial charge in [0.05, 0.1) is 0 Å². The Hall–Kier alpha value is -2.32. The van der Waals surface area contributed by atoms with Crippen LogP contribution in [-0.2, 0) is 0 Å². The lowest BCUT2D eigenvalue weighted by molar-refractivity contribution is -0.138. The fourth-order valence-corrected chi connectivity index (χ4v) is 2.23. The van der Waals surface area contributed by atoms with Gasteiger partial charge in [-0.25, -0.2) is 13.2 Å². The predicted octanol–water partition coefficient (Wildman–Crippen LogP) is 3.68. The zero-order chi connectivity index (χ0) is 22.2. The first-order valence-electron chi connectivity index (χ1n) is 7.95. The number of nitrogens with zero attached hydrogens (tertiary/aromatic N) is 3. The standard InChI is InChI=1S/C14H14F9N5O/c1-5(14(21,22)23)25-11-27-9(26-10(28-11)24-4-13(18,19)20)6-2-3-12(16,17)8(29)7(6)15/h5,8,29H,2-4H2,1H3,(H2,24,25,26,27,28)/t5-,8?/m1/s1. The molecule has 0 aromatic carbocycles. The summed E-state index contributed by atoms with van der Waals surface area (Å²) in [6.07, 6.45) is -14.1. The summed E-state index contributed by atoms with van der Waals surface area (Å²) in [5.41, 5.74) is -0.677. The average molecular weight is 439 g/mol. The van der Waals surface area contributed by atoms with Gasteiger partial charge >= 0.3 is 12.4 Å². The van der Waals surface area contributed by atoms with Crippen molar-refractivity contribution in [3.63, 3.8) is 0 Å². The number of aliphatic hydroxyl groups is 1. The van der Waals surface area contributed by atoms with Crippen molar-refractivity contribution < 1.29 is 44.6 Å². The molecule has 2 atom stereocenters. The zero-order valence-electron chi connectivity index (χ0n) is 14.5. The molecule has 0 radical (unpaired) electrons. The molecule has 1 aromatic rings. The van der Waals surface area contributed by atoms with Crippen molar-refractivity contribution in [1.82, 2.24) is 15.0 Å². The summed E-state index contributed by atoms with van der Waals surface area (Å²) in [7, 11) is 0. The fraction of sp³-hybridized carbons (Fsp3) is 0.643. The van der Waals surface area contributed by atoms with E-state index in [1.165, 1.54) is 0 Å². The van der Waals surface area contributed by atoms with Crippen LogP contribution in [0.25, 0.3) is 5.57 Å². The maximum absolute atomic E-state index is 14.2. The van der Waals surface area contributed by atoms with Crippen LogP contribution in [0.4, 0.5) is 51.4 Å². The molecule has 6 nitrogen and oxygen atoms in total. The molecule has 1 aliphatic rings. The third-order valence-electron chi connectivity index (χ3n) is 3.83.